The molecule has 2 aliphatic heterocycles. The van der Waals surface area contributed by atoms with Crippen LogP contribution in [0.2, 0.25) is 0 Å². The van der Waals surface area contributed by atoms with Crippen molar-refractivity contribution in [3.05, 3.63) is 35.9 Å². The summed E-state index contributed by atoms with van der Waals surface area (Å²) in [5.74, 6) is 0. The highest BCUT2D eigenvalue weighted by atomic mass is 16.7. The minimum absolute atomic E-state index is 0.0254. The first-order valence-electron chi connectivity index (χ1n) is 6.73. The second-order valence-electron chi connectivity index (χ2n) is 5.62. The zero-order chi connectivity index (χ0) is 13.1. The molecule has 0 N–H and O–H groups in total. The molecule has 0 radical (unpaired) electrons. The van der Waals surface area contributed by atoms with E-state index in [0.717, 1.165) is 18.8 Å². The minimum Gasteiger partial charge on any atom is -0.380 e. The smallest absolute Gasteiger partial charge is 0.181 e. The van der Waals surface area contributed by atoms with Crippen molar-refractivity contribution in [1.82, 2.24) is 0 Å². The third kappa shape index (κ3) is 3.15. The molecule has 2 atom stereocenters. The second-order valence-corrected chi connectivity index (χ2v) is 5.62. The largest absolute Gasteiger partial charge is 0.380 e. The average Bonchev–Trinajstić information content (AvgIpc) is 2.87. The third-order valence-corrected chi connectivity index (χ3v) is 3.53. The first-order chi connectivity index (χ1) is 9.25. The van der Waals surface area contributed by atoms with Crippen LogP contribution in [0.1, 0.15) is 18.6 Å². The van der Waals surface area contributed by atoms with Crippen molar-refractivity contribution in [2.24, 2.45) is 5.41 Å². The molecule has 0 amide bonds. The molecular weight excluding hydrogens is 244 g/mol. The van der Waals surface area contributed by atoms with Gasteiger partial charge in [-0.25, -0.2) is 0 Å². The van der Waals surface area contributed by atoms with E-state index in [2.05, 4.69) is 19.1 Å². The van der Waals surface area contributed by atoms with Gasteiger partial charge in [-0.2, -0.15) is 0 Å². The average molecular weight is 264 g/mol. The van der Waals surface area contributed by atoms with Crippen LogP contribution in [0.3, 0.4) is 0 Å². The van der Waals surface area contributed by atoms with Gasteiger partial charge < -0.3 is 18.9 Å². The van der Waals surface area contributed by atoms with Crippen molar-refractivity contribution in [2.45, 2.75) is 19.3 Å². The van der Waals surface area contributed by atoms with E-state index in [0.29, 0.717) is 19.8 Å². The van der Waals surface area contributed by atoms with E-state index >= 15 is 0 Å². The van der Waals surface area contributed by atoms with Gasteiger partial charge in [-0.05, 0) is 5.56 Å². The highest BCUT2D eigenvalue weighted by Crippen LogP contribution is 2.28. The molecule has 2 heterocycles. The Morgan fingerprint density at radius 1 is 1.26 bits per heavy atom. The van der Waals surface area contributed by atoms with Crippen molar-refractivity contribution in [3.8, 4) is 0 Å². The second kappa shape index (κ2) is 5.59. The SMILES string of the molecule is CC1(COCC2OCC(c3ccccc3)O2)COC1. The van der Waals surface area contributed by atoms with Crippen LogP contribution in [0.25, 0.3) is 0 Å². The van der Waals surface area contributed by atoms with E-state index in [4.69, 9.17) is 18.9 Å². The van der Waals surface area contributed by atoms with Crippen molar-refractivity contribution >= 4 is 0 Å². The summed E-state index contributed by atoms with van der Waals surface area (Å²) in [7, 11) is 0. The third-order valence-electron chi connectivity index (χ3n) is 3.53. The van der Waals surface area contributed by atoms with Crippen LogP contribution in [0.4, 0.5) is 0 Å². The van der Waals surface area contributed by atoms with Gasteiger partial charge >= 0.3 is 0 Å². The predicted octanol–water partition coefficient (Wildman–Crippen LogP) is 2.15. The maximum absolute atomic E-state index is 5.84. The predicted molar refractivity (Wildman–Crippen MR) is 69.8 cm³/mol. The van der Waals surface area contributed by atoms with Crippen LogP contribution < -0.4 is 0 Å². The standard InChI is InChI=1S/C15H20O4/c1-15(10-17-11-15)9-16-8-14-18-7-13(19-14)12-5-3-2-4-6-12/h2-6,13-14H,7-11H2,1H3. The Hall–Kier alpha value is -0.940. The monoisotopic (exact) mass is 264 g/mol. The Morgan fingerprint density at radius 3 is 2.74 bits per heavy atom. The Bertz CT molecular complexity index is 402. The van der Waals surface area contributed by atoms with E-state index in [-0.39, 0.29) is 17.8 Å². The molecule has 3 rings (SSSR count). The molecule has 0 aromatic heterocycles. The summed E-state index contributed by atoms with van der Waals surface area (Å²) in [6, 6.07) is 10.1. The molecule has 2 fully saturated rings. The fraction of sp³-hybridized carbons (Fsp3) is 0.600. The Labute approximate surface area is 113 Å². The van der Waals surface area contributed by atoms with Crippen LogP contribution in [0, 0.1) is 5.41 Å². The number of benzene rings is 1. The van der Waals surface area contributed by atoms with E-state index in [1.807, 2.05) is 18.2 Å². The molecule has 19 heavy (non-hydrogen) atoms. The van der Waals surface area contributed by atoms with E-state index in [1.54, 1.807) is 0 Å². The summed E-state index contributed by atoms with van der Waals surface area (Å²) >= 11 is 0. The zero-order valence-electron chi connectivity index (χ0n) is 11.2. The Kier molecular flexibility index (Phi) is 3.84. The molecule has 2 unspecified atom stereocenters. The van der Waals surface area contributed by atoms with Gasteiger partial charge in [0.05, 0.1) is 33.0 Å². The van der Waals surface area contributed by atoms with Crippen molar-refractivity contribution in [3.63, 3.8) is 0 Å². The van der Waals surface area contributed by atoms with Crippen LogP contribution in [0.15, 0.2) is 30.3 Å². The molecule has 1 aromatic rings. The number of rotatable bonds is 5. The lowest BCUT2D eigenvalue weighted by Crippen LogP contribution is -2.44. The zero-order valence-corrected chi connectivity index (χ0v) is 11.2. The first-order valence-corrected chi connectivity index (χ1v) is 6.73. The lowest BCUT2D eigenvalue weighted by molar-refractivity contribution is -0.163. The molecule has 0 bridgehead atoms. The molecule has 4 heteroatoms. The number of hydrogen-bond acceptors (Lipinski definition) is 4. The fourth-order valence-corrected chi connectivity index (χ4v) is 2.32. The Morgan fingerprint density at radius 2 is 2.05 bits per heavy atom. The lowest BCUT2D eigenvalue weighted by Gasteiger charge is -2.37. The van der Waals surface area contributed by atoms with Crippen LogP contribution in [0.5, 0.6) is 0 Å². The van der Waals surface area contributed by atoms with Crippen LogP contribution in [-0.4, -0.2) is 39.3 Å². The van der Waals surface area contributed by atoms with Crippen LogP contribution >= 0.6 is 0 Å². The van der Waals surface area contributed by atoms with Crippen LogP contribution in [-0.2, 0) is 18.9 Å². The molecule has 0 saturated carbocycles. The normalized spacial score (nSPS) is 29.1. The van der Waals surface area contributed by atoms with Gasteiger partial charge in [-0.15, -0.1) is 0 Å². The maximum atomic E-state index is 5.84. The highest BCUT2D eigenvalue weighted by Gasteiger charge is 2.34. The molecule has 2 aliphatic rings. The summed E-state index contributed by atoms with van der Waals surface area (Å²) in [6.45, 7) is 5.52. The van der Waals surface area contributed by atoms with E-state index < -0.39 is 0 Å². The number of hydrogen-bond donors (Lipinski definition) is 0. The van der Waals surface area contributed by atoms with Gasteiger partial charge in [0.15, 0.2) is 6.29 Å². The van der Waals surface area contributed by atoms with Gasteiger partial charge in [0.1, 0.15) is 6.10 Å². The molecule has 1 aromatic carbocycles. The first kappa shape index (κ1) is 13.1. The molecule has 2 saturated heterocycles. The lowest BCUT2D eigenvalue weighted by atomic mass is 9.90. The van der Waals surface area contributed by atoms with Gasteiger partial charge in [0, 0.05) is 5.41 Å². The molecular formula is C15H20O4. The van der Waals surface area contributed by atoms with Gasteiger partial charge in [0.25, 0.3) is 0 Å². The topological polar surface area (TPSA) is 36.9 Å². The summed E-state index contributed by atoms with van der Waals surface area (Å²) in [5, 5.41) is 0. The van der Waals surface area contributed by atoms with Gasteiger partial charge in [-0.3, -0.25) is 0 Å². The highest BCUT2D eigenvalue weighted by molar-refractivity contribution is 5.18. The molecule has 4 nitrogen and oxygen atoms in total. The molecule has 0 aliphatic carbocycles. The van der Waals surface area contributed by atoms with E-state index in [9.17, 15) is 0 Å². The minimum atomic E-state index is -0.255. The fourth-order valence-electron chi connectivity index (χ4n) is 2.32. The van der Waals surface area contributed by atoms with Gasteiger partial charge in [-0.1, -0.05) is 37.3 Å². The Balaban J connectivity index is 1.42. The van der Waals surface area contributed by atoms with Crippen molar-refractivity contribution in [2.75, 3.05) is 33.0 Å². The molecule has 0 spiro atoms. The van der Waals surface area contributed by atoms with Crippen molar-refractivity contribution < 1.29 is 18.9 Å². The summed E-state index contributed by atoms with van der Waals surface area (Å²) in [4.78, 5) is 0. The summed E-state index contributed by atoms with van der Waals surface area (Å²) in [5.41, 5.74) is 1.33. The summed E-state index contributed by atoms with van der Waals surface area (Å²) < 4.78 is 22.3. The quantitative estimate of drug-likeness (QED) is 0.816. The van der Waals surface area contributed by atoms with E-state index in [1.165, 1.54) is 0 Å². The number of ether oxygens (including phenoxy) is 4. The van der Waals surface area contributed by atoms with Crippen molar-refractivity contribution in [1.29, 1.82) is 0 Å². The maximum Gasteiger partial charge on any atom is 0.181 e. The molecule has 104 valence electrons. The van der Waals surface area contributed by atoms with Gasteiger partial charge in [0.2, 0.25) is 0 Å². The summed E-state index contributed by atoms with van der Waals surface area (Å²) in [6.07, 6.45) is -0.229.